The van der Waals surface area contributed by atoms with Crippen molar-refractivity contribution in [3.8, 4) is 0 Å². The largest absolute Gasteiger partial charge is 0.444 e. The molecule has 4 nitrogen and oxygen atoms in total. The highest BCUT2D eigenvalue weighted by Crippen LogP contribution is 2.37. The minimum absolute atomic E-state index is 0.0853. The van der Waals surface area contributed by atoms with Crippen LogP contribution in [0.5, 0.6) is 0 Å². The van der Waals surface area contributed by atoms with Gasteiger partial charge in [0.05, 0.1) is 0 Å². The Morgan fingerprint density at radius 2 is 1.81 bits per heavy atom. The van der Waals surface area contributed by atoms with Gasteiger partial charge in [-0.2, -0.15) is 0 Å². The molecule has 1 saturated carbocycles. The highest BCUT2D eigenvalue weighted by Gasteiger charge is 2.37. The first-order valence-electron chi connectivity index (χ1n) is 11.1. The first kappa shape index (κ1) is 17.5. The van der Waals surface area contributed by atoms with Crippen LogP contribution in [-0.2, 0) is 17.7 Å². The van der Waals surface area contributed by atoms with Crippen LogP contribution in [0.25, 0.3) is 0 Å². The Kier molecular flexibility index (Phi) is 4.85. The standard InChI is InChI=1S/C23H32N2O2/c26-23(27-22-16-24-12-9-19(22)10-13-24)25-14-11-18-7-4-8-20(21(18)15-25)17-5-2-1-3-6-17/h4,7-8,17,19,22H,1-3,5-6,9-16H2. The fourth-order valence-corrected chi connectivity index (χ4v) is 5.81. The van der Waals surface area contributed by atoms with Crippen LogP contribution in [0.15, 0.2) is 18.2 Å². The Morgan fingerprint density at radius 1 is 1.00 bits per heavy atom. The second-order valence-corrected chi connectivity index (χ2v) is 9.05. The molecule has 1 aliphatic carbocycles. The molecular weight excluding hydrogens is 336 g/mol. The fourth-order valence-electron chi connectivity index (χ4n) is 5.81. The van der Waals surface area contributed by atoms with E-state index in [-0.39, 0.29) is 12.2 Å². The molecule has 27 heavy (non-hydrogen) atoms. The highest BCUT2D eigenvalue weighted by atomic mass is 16.6. The summed E-state index contributed by atoms with van der Waals surface area (Å²) in [4.78, 5) is 17.3. The number of amides is 1. The molecule has 3 saturated heterocycles. The van der Waals surface area contributed by atoms with E-state index in [0.29, 0.717) is 11.8 Å². The summed E-state index contributed by atoms with van der Waals surface area (Å²) in [5.74, 6) is 1.26. The molecule has 4 heteroatoms. The summed E-state index contributed by atoms with van der Waals surface area (Å²) in [7, 11) is 0. The Balaban J connectivity index is 1.29. The molecule has 0 radical (unpaired) electrons. The Hall–Kier alpha value is -1.55. The molecule has 4 fully saturated rings. The first-order chi connectivity index (χ1) is 13.3. The van der Waals surface area contributed by atoms with Crippen LogP contribution in [0.1, 0.15) is 67.6 Å². The number of ether oxygens (including phenoxy) is 1. The van der Waals surface area contributed by atoms with E-state index in [2.05, 4.69) is 23.1 Å². The van der Waals surface area contributed by atoms with E-state index in [9.17, 15) is 4.79 Å². The number of carbonyl (C=O) groups excluding carboxylic acids is 1. The average molecular weight is 369 g/mol. The Morgan fingerprint density at radius 3 is 2.56 bits per heavy atom. The lowest BCUT2D eigenvalue weighted by Crippen LogP contribution is -2.53. The van der Waals surface area contributed by atoms with E-state index in [1.54, 1.807) is 0 Å². The second kappa shape index (κ2) is 7.46. The molecule has 1 unspecified atom stereocenters. The molecule has 4 heterocycles. The van der Waals surface area contributed by atoms with Gasteiger partial charge in [-0.05, 0) is 73.7 Å². The molecule has 0 spiro atoms. The van der Waals surface area contributed by atoms with E-state index in [4.69, 9.17) is 4.74 Å². The first-order valence-corrected chi connectivity index (χ1v) is 11.1. The topological polar surface area (TPSA) is 32.8 Å². The minimum Gasteiger partial charge on any atom is -0.444 e. The van der Waals surface area contributed by atoms with E-state index in [0.717, 1.165) is 26.1 Å². The molecule has 0 N–H and O–H groups in total. The molecule has 1 aromatic carbocycles. The number of benzene rings is 1. The number of carbonyl (C=O) groups is 1. The third kappa shape index (κ3) is 3.49. The third-order valence-corrected chi connectivity index (χ3v) is 7.46. The van der Waals surface area contributed by atoms with Gasteiger partial charge in [0, 0.05) is 19.6 Å². The molecule has 1 amide bonds. The lowest BCUT2D eigenvalue weighted by atomic mass is 9.80. The number of fused-ring (bicyclic) bond motifs is 4. The number of piperidine rings is 3. The van der Waals surface area contributed by atoms with Crippen molar-refractivity contribution in [2.75, 3.05) is 26.2 Å². The van der Waals surface area contributed by atoms with Crippen LogP contribution in [-0.4, -0.2) is 48.2 Å². The van der Waals surface area contributed by atoms with Gasteiger partial charge in [0.1, 0.15) is 6.10 Å². The third-order valence-electron chi connectivity index (χ3n) is 7.46. The predicted molar refractivity (Wildman–Crippen MR) is 106 cm³/mol. The summed E-state index contributed by atoms with van der Waals surface area (Å²) in [6.45, 7) is 4.83. The smallest absolute Gasteiger partial charge is 0.410 e. The molecule has 2 bridgehead atoms. The van der Waals surface area contributed by atoms with Gasteiger partial charge in [-0.3, -0.25) is 4.90 Å². The average Bonchev–Trinajstić information content (AvgIpc) is 2.74. The molecule has 1 atom stereocenters. The van der Waals surface area contributed by atoms with Gasteiger partial charge in [-0.1, -0.05) is 37.5 Å². The lowest BCUT2D eigenvalue weighted by molar-refractivity contribution is -0.0446. The van der Waals surface area contributed by atoms with Crippen molar-refractivity contribution < 1.29 is 9.53 Å². The summed E-state index contributed by atoms with van der Waals surface area (Å²) in [5, 5.41) is 0. The number of hydrogen-bond donors (Lipinski definition) is 0. The van der Waals surface area contributed by atoms with Crippen LogP contribution in [0.2, 0.25) is 0 Å². The molecule has 0 aromatic heterocycles. The van der Waals surface area contributed by atoms with Gasteiger partial charge in [-0.15, -0.1) is 0 Å². The van der Waals surface area contributed by atoms with E-state index in [1.165, 1.54) is 74.7 Å². The van der Waals surface area contributed by atoms with Crippen molar-refractivity contribution in [1.82, 2.24) is 9.80 Å². The molecule has 5 aliphatic rings. The van der Waals surface area contributed by atoms with Crippen LogP contribution >= 0.6 is 0 Å². The quantitative estimate of drug-likeness (QED) is 0.779. The zero-order valence-corrected chi connectivity index (χ0v) is 16.4. The van der Waals surface area contributed by atoms with Crippen molar-refractivity contribution >= 4 is 6.09 Å². The molecule has 146 valence electrons. The van der Waals surface area contributed by atoms with Crippen molar-refractivity contribution in [2.45, 2.75) is 69.9 Å². The van der Waals surface area contributed by atoms with Crippen molar-refractivity contribution in [2.24, 2.45) is 5.92 Å². The van der Waals surface area contributed by atoms with E-state index < -0.39 is 0 Å². The molecule has 4 aliphatic heterocycles. The van der Waals surface area contributed by atoms with Gasteiger partial charge < -0.3 is 9.64 Å². The van der Waals surface area contributed by atoms with Gasteiger partial charge >= 0.3 is 6.09 Å². The maximum absolute atomic E-state index is 12.9. The fraction of sp³-hybridized carbons (Fsp3) is 0.696. The SMILES string of the molecule is O=C(OC1CN2CCC1CC2)N1CCc2cccc(C3CCCCC3)c2C1. The van der Waals surface area contributed by atoms with Gasteiger partial charge in [-0.25, -0.2) is 4.79 Å². The Bertz CT molecular complexity index is 690. The Labute approximate surface area is 162 Å². The maximum atomic E-state index is 12.9. The van der Waals surface area contributed by atoms with E-state index >= 15 is 0 Å². The monoisotopic (exact) mass is 368 g/mol. The second-order valence-electron chi connectivity index (χ2n) is 9.05. The summed E-state index contributed by atoms with van der Waals surface area (Å²) in [5.41, 5.74) is 4.37. The summed E-state index contributed by atoms with van der Waals surface area (Å²) in [6, 6.07) is 6.80. The number of nitrogens with zero attached hydrogens (tertiary/aromatic N) is 2. The van der Waals surface area contributed by atoms with Gasteiger partial charge in [0.2, 0.25) is 0 Å². The van der Waals surface area contributed by atoms with Gasteiger partial charge in [0.15, 0.2) is 0 Å². The maximum Gasteiger partial charge on any atom is 0.410 e. The highest BCUT2D eigenvalue weighted by molar-refractivity contribution is 5.68. The lowest BCUT2D eigenvalue weighted by Gasteiger charge is -2.44. The normalized spacial score (nSPS) is 30.8. The number of hydrogen-bond acceptors (Lipinski definition) is 3. The predicted octanol–water partition coefficient (Wildman–Crippen LogP) is 4.32. The van der Waals surface area contributed by atoms with Crippen molar-refractivity contribution in [1.29, 1.82) is 0 Å². The van der Waals surface area contributed by atoms with Gasteiger partial charge in [0.25, 0.3) is 0 Å². The summed E-state index contributed by atoms with van der Waals surface area (Å²) >= 11 is 0. The van der Waals surface area contributed by atoms with Crippen LogP contribution in [0, 0.1) is 5.92 Å². The van der Waals surface area contributed by atoms with Crippen molar-refractivity contribution in [3.05, 3.63) is 34.9 Å². The zero-order valence-electron chi connectivity index (χ0n) is 16.4. The summed E-state index contributed by atoms with van der Waals surface area (Å²) in [6.07, 6.45) is 10.0. The van der Waals surface area contributed by atoms with Crippen molar-refractivity contribution in [3.63, 3.8) is 0 Å². The van der Waals surface area contributed by atoms with E-state index in [1.807, 2.05) is 4.90 Å². The van der Waals surface area contributed by atoms with Crippen LogP contribution in [0.3, 0.4) is 0 Å². The van der Waals surface area contributed by atoms with Crippen LogP contribution in [0.4, 0.5) is 4.79 Å². The summed E-state index contributed by atoms with van der Waals surface area (Å²) < 4.78 is 6.01. The molecule has 1 aromatic rings. The molecular formula is C23H32N2O2. The van der Waals surface area contributed by atoms with Crippen LogP contribution < -0.4 is 0 Å². The number of rotatable bonds is 2. The minimum atomic E-state index is -0.0853. The molecule has 6 rings (SSSR count). The zero-order chi connectivity index (χ0) is 18.2.